The normalized spacial score (nSPS) is 24.6. The molecule has 2 fully saturated rings. The van der Waals surface area contributed by atoms with Gasteiger partial charge in [-0.3, -0.25) is 9.78 Å². The first-order chi connectivity index (χ1) is 19.6. The number of anilines is 1. The molecule has 2 aliphatic rings. The monoisotopic (exact) mass is 608 g/mol. The Morgan fingerprint density at radius 1 is 1.22 bits per heavy atom. The topological polar surface area (TPSA) is 101 Å². The summed E-state index contributed by atoms with van der Waals surface area (Å²) in [5, 5.41) is 6.82. The highest BCUT2D eigenvalue weighted by Crippen LogP contribution is 2.39. The van der Waals surface area contributed by atoms with E-state index in [0.29, 0.717) is 48.7 Å². The lowest BCUT2D eigenvalue weighted by Gasteiger charge is -2.37. The Morgan fingerprint density at radius 3 is 2.61 bits per heavy atom. The number of ether oxygens (including phenoxy) is 1. The van der Waals surface area contributed by atoms with Crippen LogP contribution in [0.1, 0.15) is 69.9 Å². The zero-order valence-electron chi connectivity index (χ0n) is 24.1. The lowest BCUT2D eigenvalue weighted by atomic mass is 9.76. The predicted octanol–water partition coefficient (Wildman–Crippen LogP) is 5.14. The van der Waals surface area contributed by atoms with E-state index < -0.39 is 15.8 Å². The van der Waals surface area contributed by atoms with Crippen molar-refractivity contribution in [2.75, 3.05) is 30.7 Å². The minimum absolute atomic E-state index is 0.0586. The molecule has 2 aromatic rings. The number of rotatable bonds is 11. The SMILES string of the molecule is CCCS(=O)(=O)N1CCNCC1CCc1c(F)cncc1NC(=O)CC(c1ccc(Cl)cc1)C1C[C@@H](C)O[C@@H](C)C1. The molecule has 11 heteroatoms. The van der Waals surface area contributed by atoms with Gasteiger partial charge in [0.1, 0.15) is 5.82 Å². The number of hydrogen-bond acceptors (Lipinski definition) is 6. The van der Waals surface area contributed by atoms with Crippen LogP contribution in [0.5, 0.6) is 0 Å². The Labute approximate surface area is 248 Å². The Hall–Kier alpha value is -2.11. The van der Waals surface area contributed by atoms with Gasteiger partial charge in [0.25, 0.3) is 0 Å². The molecule has 41 heavy (non-hydrogen) atoms. The van der Waals surface area contributed by atoms with E-state index in [0.717, 1.165) is 24.6 Å². The van der Waals surface area contributed by atoms with Crippen LogP contribution in [0.4, 0.5) is 10.1 Å². The van der Waals surface area contributed by atoms with Gasteiger partial charge in [-0.05, 0) is 75.5 Å². The highest BCUT2D eigenvalue weighted by Gasteiger charge is 2.34. The number of carbonyl (C=O) groups excluding carboxylic acids is 1. The average Bonchev–Trinajstić information content (AvgIpc) is 2.91. The molecule has 1 aromatic carbocycles. The molecular formula is C30H42ClFN4O4S. The molecule has 0 spiro atoms. The minimum atomic E-state index is -3.39. The minimum Gasteiger partial charge on any atom is -0.376 e. The van der Waals surface area contributed by atoms with E-state index in [2.05, 4.69) is 29.5 Å². The number of benzene rings is 1. The van der Waals surface area contributed by atoms with Crippen LogP contribution in [0, 0.1) is 11.7 Å². The van der Waals surface area contributed by atoms with Crippen molar-refractivity contribution >= 4 is 33.2 Å². The molecule has 2 N–H and O–H groups in total. The highest BCUT2D eigenvalue weighted by molar-refractivity contribution is 7.89. The largest absolute Gasteiger partial charge is 0.376 e. The Morgan fingerprint density at radius 2 is 1.93 bits per heavy atom. The van der Waals surface area contributed by atoms with E-state index >= 15 is 4.39 Å². The van der Waals surface area contributed by atoms with Gasteiger partial charge in [0, 0.05) is 42.7 Å². The van der Waals surface area contributed by atoms with Gasteiger partial charge in [-0.25, -0.2) is 12.8 Å². The fraction of sp³-hybridized carbons (Fsp3) is 0.600. The number of carbonyl (C=O) groups is 1. The van der Waals surface area contributed by atoms with Gasteiger partial charge in [0.05, 0.1) is 36.0 Å². The predicted molar refractivity (Wildman–Crippen MR) is 160 cm³/mol. The van der Waals surface area contributed by atoms with Crippen LogP contribution >= 0.6 is 11.6 Å². The number of pyridine rings is 1. The van der Waals surface area contributed by atoms with Crippen molar-refractivity contribution < 1.29 is 22.3 Å². The summed E-state index contributed by atoms with van der Waals surface area (Å²) in [5.74, 6) is -0.474. The first-order valence-electron chi connectivity index (χ1n) is 14.6. The molecule has 4 rings (SSSR count). The first kappa shape index (κ1) is 31.8. The smallest absolute Gasteiger partial charge is 0.225 e. The quantitative estimate of drug-likeness (QED) is 0.367. The van der Waals surface area contributed by atoms with E-state index in [1.165, 1.54) is 6.20 Å². The zero-order chi connectivity index (χ0) is 29.6. The third-order valence-electron chi connectivity index (χ3n) is 8.13. The summed E-state index contributed by atoms with van der Waals surface area (Å²) in [7, 11) is -3.39. The summed E-state index contributed by atoms with van der Waals surface area (Å²) >= 11 is 6.15. The standard InChI is InChI=1S/C30H42ClFN4O4S/c1-4-13-41(38,39)36-12-11-33-17-25(36)9-10-26-28(32)18-34-19-29(26)35-30(37)16-27(22-5-7-24(31)8-6-22)23-14-20(2)40-21(3)15-23/h5-8,18-21,23,25,27,33H,4,9-17H2,1-3H3,(H,35,37)/t20-,21+,23?,25?,27?. The van der Waals surface area contributed by atoms with Crippen LogP contribution in [0.25, 0.3) is 0 Å². The average molecular weight is 609 g/mol. The summed E-state index contributed by atoms with van der Waals surface area (Å²) in [6.07, 6.45) is 5.91. The van der Waals surface area contributed by atoms with Gasteiger partial charge >= 0.3 is 0 Å². The second kappa shape index (κ2) is 14.4. The molecule has 8 nitrogen and oxygen atoms in total. The van der Waals surface area contributed by atoms with Gasteiger partial charge < -0.3 is 15.4 Å². The maximum atomic E-state index is 15.1. The number of halogens is 2. The number of sulfonamides is 1. The maximum Gasteiger partial charge on any atom is 0.225 e. The lowest BCUT2D eigenvalue weighted by Crippen LogP contribution is -2.54. The Kier molecular flexibility index (Phi) is 11.2. The zero-order valence-corrected chi connectivity index (χ0v) is 25.7. The van der Waals surface area contributed by atoms with E-state index in [1.807, 2.05) is 31.2 Å². The van der Waals surface area contributed by atoms with Crippen molar-refractivity contribution in [1.82, 2.24) is 14.6 Å². The molecule has 226 valence electrons. The second-order valence-electron chi connectivity index (χ2n) is 11.4. The molecular weight excluding hydrogens is 567 g/mol. The van der Waals surface area contributed by atoms with Crippen molar-refractivity contribution in [2.24, 2.45) is 5.92 Å². The van der Waals surface area contributed by atoms with Crippen LogP contribution < -0.4 is 10.6 Å². The van der Waals surface area contributed by atoms with Crippen LogP contribution in [0.15, 0.2) is 36.7 Å². The number of nitrogens with one attached hydrogen (secondary N) is 2. The third-order valence-corrected chi connectivity index (χ3v) is 10.5. The molecule has 2 saturated heterocycles. The van der Waals surface area contributed by atoms with Crippen LogP contribution in [-0.2, 0) is 26.0 Å². The molecule has 1 amide bonds. The second-order valence-corrected chi connectivity index (χ2v) is 13.8. The van der Waals surface area contributed by atoms with Crippen molar-refractivity contribution in [2.45, 2.75) is 83.5 Å². The van der Waals surface area contributed by atoms with E-state index in [1.54, 1.807) is 4.31 Å². The number of aromatic nitrogens is 1. The van der Waals surface area contributed by atoms with Crippen molar-refractivity contribution in [3.63, 3.8) is 0 Å². The van der Waals surface area contributed by atoms with E-state index in [9.17, 15) is 13.2 Å². The molecule has 0 aliphatic carbocycles. The van der Waals surface area contributed by atoms with Crippen molar-refractivity contribution in [1.29, 1.82) is 0 Å². The first-order valence-corrected chi connectivity index (χ1v) is 16.6. The number of nitrogens with zero attached hydrogens (tertiary/aromatic N) is 2. The summed E-state index contributed by atoms with van der Waals surface area (Å²) < 4.78 is 48.2. The van der Waals surface area contributed by atoms with Gasteiger partial charge in [-0.15, -0.1) is 0 Å². The summed E-state index contributed by atoms with van der Waals surface area (Å²) in [6, 6.07) is 7.33. The van der Waals surface area contributed by atoms with Crippen LogP contribution in [-0.4, -0.2) is 67.3 Å². The van der Waals surface area contributed by atoms with E-state index in [4.69, 9.17) is 16.3 Å². The highest BCUT2D eigenvalue weighted by atomic mass is 35.5. The number of hydrogen-bond donors (Lipinski definition) is 2. The third kappa shape index (κ3) is 8.47. The summed E-state index contributed by atoms with van der Waals surface area (Å²) in [4.78, 5) is 17.5. The molecule has 1 aromatic heterocycles. The summed E-state index contributed by atoms with van der Waals surface area (Å²) in [6.45, 7) is 7.44. The Bertz CT molecular complexity index is 1270. The van der Waals surface area contributed by atoms with Gasteiger partial charge in [0.2, 0.25) is 15.9 Å². The maximum absolute atomic E-state index is 15.1. The molecule has 0 radical (unpaired) electrons. The Balaban J connectivity index is 1.50. The van der Waals surface area contributed by atoms with Gasteiger partial charge in [-0.1, -0.05) is 30.7 Å². The van der Waals surface area contributed by atoms with Gasteiger partial charge in [0.15, 0.2) is 0 Å². The molecule has 3 unspecified atom stereocenters. The fourth-order valence-corrected chi connectivity index (χ4v) is 8.20. The fourth-order valence-electron chi connectivity index (χ4n) is 6.32. The molecule has 2 aliphatic heterocycles. The molecule has 0 bridgehead atoms. The summed E-state index contributed by atoms with van der Waals surface area (Å²) in [5.41, 5.74) is 1.69. The molecule has 5 atom stereocenters. The lowest BCUT2D eigenvalue weighted by molar-refractivity contribution is -0.117. The molecule has 3 heterocycles. The van der Waals surface area contributed by atoms with Crippen LogP contribution in [0.2, 0.25) is 5.02 Å². The number of amides is 1. The van der Waals surface area contributed by atoms with Gasteiger partial charge in [-0.2, -0.15) is 4.31 Å². The van der Waals surface area contributed by atoms with Crippen molar-refractivity contribution in [3.8, 4) is 0 Å². The van der Waals surface area contributed by atoms with Crippen LogP contribution in [0.3, 0.4) is 0 Å². The molecule has 0 saturated carbocycles. The van der Waals surface area contributed by atoms with Crippen molar-refractivity contribution in [3.05, 3.63) is 58.6 Å². The van der Waals surface area contributed by atoms with E-state index in [-0.39, 0.29) is 54.6 Å². The number of piperazine rings is 1.